The topological polar surface area (TPSA) is 59.9 Å². The third-order valence-corrected chi connectivity index (χ3v) is 4.77. The second kappa shape index (κ2) is 9.89. The molecule has 3 rings (SSSR count). The lowest BCUT2D eigenvalue weighted by atomic mass is 10.2. The largest absolute Gasteiger partial charge is 0.496 e. The number of rotatable bonds is 7. The summed E-state index contributed by atoms with van der Waals surface area (Å²) in [5, 5.41) is 4.05. The van der Waals surface area contributed by atoms with Crippen LogP contribution in [0.1, 0.15) is 21.5 Å². The number of methoxy groups -OCH3 is 1. The van der Waals surface area contributed by atoms with Gasteiger partial charge in [0.15, 0.2) is 0 Å². The van der Waals surface area contributed by atoms with E-state index in [1.54, 1.807) is 31.5 Å². The van der Waals surface area contributed by atoms with E-state index in [9.17, 15) is 4.79 Å². The maximum absolute atomic E-state index is 12.5. The molecule has 0 aliphatic heterocycles. The average Bonchev–Trinajstić information content (AvgIpc) is 2.73. The molecule has 1 amide bonds. The molecule has 0 atom stereocenters. The minimum Gasteiger partial charge on any atom is -0.496 e. The molecule has 0 aliphatic carbocycles. The van der Waals surface area contributed by atoms with Crippen molar-refractivity contribution in [1.82, 2.24) is 5.43 Å². The van der Waals surface area contributed by atoms with Crippen molar-refractivity contribution in [3.05, 3.63) is 93.1 Å². The number of hydrazone groups is 1. The van der Waals surface area contributed by atoms with Crippen molar-refractivity contribution in [2.45, 2.75) is 6.61 Å². The Labute approximate surface area is 177 Å². The Kier molecular flexibility index (Phi) is 7.02. The minimum absolute atomic E-state index is 0.330. The number of nitrogens with zero attached hydrogens (tertiary/aromatic N) is 1. The molecular weight excluding hydrogens is 467 g/mol. The number of halogens is 1. The highest BCUT2D eigenvalue weighted by Gasteiger charge is 2.11. The lowest BCUT2D eigenvalue weighted by molar-refractivity contribution is 0.0950. The molecule has 0 saturated carbocycles. The highest BCUT2D eigenvalue weighted by Crippen LogP contribution is 2.21. The van der Waals surface area contributed by atoms with E-state index in [1.165, 1.54) is 0 Å². The zero-order valence-corrected chi connectivity index (χ0v) is 17.4. The molecule has 1 N–H and O–H groups in total. The zero-order valence-electron chi connectivity index (χ0n) is 15.3. The van der Waals surface area contributed by atoms with Gasteiger partial charge in [0.05, 0.1) is 22.5 Å². The van der Waals surface area contributed by atoms with Crippen LogP contribution in [0.2, 0.25) is 0 Å². The summed E-state index contributed by atoms with van der Waals surface area (Å²) in [5.74, 6) is 0.979. The van der Waals surface area contributed by atoms with E-state index >= 15 is 0 Å². The van der Waals surface area contributed by atoms with Crippen molar-refractivity contribution < 1.29 is 14.3 Å². The number of hydrogen-bond donors (Lipinski definition) is 1. The summed E-state index contributed by atoms with van der Waals surface area (Å²) in [6.45, 7) is 0.388. The van der Waals surface area contributed by atoms with Gasteiger partial charge in [0.25, 0.3) is 5.91 Å². The van der Waals surface area contributed by atoms with E-state index in [2.05, 4.69) is 33.1 Å². The van der Waals surface area contributed by atoms with Gasteiger partial charge < -0.3 is 9.47 Å². The molecule has 3 aromatic rings. The number of amides is 1. The van der Waals surface area contributed by atoms with Gasteiger partial charge in [0.1, 0.15) is 18.1 Å². The van der Waals surface area contributed by atoms with Crippen molar-refractivity contribution in [3.63, 3.8) is 0 Å². The third kappa shape index (κ3) is 5.32. The molecule has 3 aromatic carbocycles. The van der Waals surface area contributed by atoms with Gasteiger partial charge in [-0.1, -0.05) is 42.5 Å². The lowest BCUT2D eigenvalue weighted by Gasteiger charge is -2.10. The van der Waals surface area contributed by atoms with Crippen molar-refractivity contribution in [2.24, 2.45) is 5.10 Å². The van der Waals surface area contributed by atoms with Crippen molar-refractivity contribution >= 4 is 34.7 Å². The number of ether oxygens (including phenoxy) is 2. The van der Waals surface area contributed by atoms with Crippen molar-refractivity contribution in [3.8, 4) is 11.5 Å². The molecule has 0 saturated heterocycles. The molecule has 28 heavy (non-hydrogen) atoms. The predicted octanol–water partition coefficient (Wildman–Crippen LogP) is 4.64. The minimum atomic E-state index is -0.330. The molecular formula is C22H19IN2O3. The number of benzene rings is 3. The predicted molar refractivity (Wildman–Crippen MR) is 118 cm³/mol. The van der Waals surface area contributed by atoms with Crippen LogP contribution in [0.15, 0.2) is 77.9 Å². The standard InChI is InChI=1S/C22H19IN2O3/c1-27-21-12-11-17(13-19(21)23)14-24-25-22(26)18-9-5-6-10-20(18)28-15-16-7-3-2-4-8-16/h2-14H,15H2,1H3,(H,25,26). The van der Waals surface area contributed by atoms with Crippen LogP contribution in [0.4, 0.5) is 0 Å². The summed E-state index contributed by atoms with van der Waals surface area (Å²) < 4.78 is 12.0. The molecule has 0 bridgehead atoms. The first-order valence-corrected chi connectivity index (χ1v) is 9.68. The van der Waals surface area contributed by atoms with E-state index < -0.39 is 0 Å². The monoisotopic (exact) mass is 486 g/mol. The van der Waals surface area contributed by atoms with Gasteiger partial charge in [-0.3, -0.25) is 4.79 Å². The summed E-state index contributed by atoms with van der Waals surface area (Å²) in [7, 11) is 1.63. The second-order valence-electron chi connectivity index (χ2n) is 5.86. The normalized spacial score (nSPS) is 10.6. The first-order chi connectivity index (χ1) is 13.7. The Balaban J connectivity index is 1.65. The molecule has 0 radical (unpaired) electrons. The van der Waals surface area contributed by atoms with E-state index in [-0.39, 0.29) is 5.91 Å². The first-order valence-electron chi connectivity index (χ1n) is 8.60. The van der Waals surface area contributed by atoms with Crippen LogP contribution in [-0.4, -0.2) is 19.2 Å². The maximum atomic E-state index is 12.5. The maximum Gasteiger partial charge on any atom is 0.275 e. The quantitative estimate of drug-likeness (QED) is 0.301. The van der Waals surface area contributed by atoms with E-state index in [0.29, 0.717) is 17.9 Å². The first kappa shape index (κ1) is 19.9. The zero-order chi connectivity index (χ0) is 19.8. The molecule has 0 aliphatic rings. The van der Waals surface area contributed by atoms with Gasteiger partial charge >= 0.3 is 0 Å². The van der Waals surface area contributed by atoms with Crippen LogP contribution in [0.25, 0.3) is 0 Å². The fourth-order valence-electron chi connectivity index (χ4n) is 2.50. The molecule has 5 nitrogen and oxygen atoms in total. The molecule has 0 spiro atoms. The molecule has 142 valence electrons. The third-order valence-electron chi connectivity index (χ3n) is 3.92. The fourth-order valence-corrected chi connectivity index (χ4v) is 3.26. The lowest BCUT2D eigenvalue weighted by Crippen LogP contribution is -2.18. The highest BCUT2D eigenvalue weighted by molar-refractivity contribution is 14.1. The SMILES string of the molecule is COc1ccc(C=NNC(=O)c2ccccc2OCc2ccccc2)cc1I. The Bertz CT molecular complexity index is 975. The average molecular weight is 486 g/mol. The van der Waals surface area contributed by atoms with E-state index in [1.807, 2.05) is 54.6 Å². The fraction of sp³-hybridized carbons (Fsp3) is 0.0909. The summed E-state index contributed by atoms with van der Waals surface area (Å²) in [5.41, 5.74) is 4.87. The molecule has 0 heterocycles. The summed E-state index contributed by atoms with van der Waals surface area (Å²) in [6, 6.07) is 22.6. The Hall–Kier alpha value is -2.87. The van der Waals surface area contributed by atoms with E-state index in [4.69, 9.17) is 9.47 Å². The molecule has 0 aromatic heterocycles. The Morgan fingerprint density at radius 2 is 1.79 bits per heavy atom. The smallest absolute Gasteiger partial charge is 0.275 e. The van der Waals surface area contributed by atoms with Gasteiger partial charge in [-0.05, 0) is 64.0 Å². The van der Waals surface area contributed by atoms with Crippen molar-refractivity contribution in [2.75, 3.05) is 7.11 Å². The number of carbonyl (C=O) groups excluding carboxylic acids is 1. The van der Waals surface area contributed by atoms with Crippen LogP contribution in [0.3, 0.4) is 0 Å². The van der Waals surface area contributed by atoms with Gasteiger partial charge in [-0.15, -0.1) is 0 Å². The summed E-state index contributed by atoms with van der Waals surface area (Å²) >= 11 is 2.19. The van der Waals surface area contributed by atoms with Crippen LogP contribution in [-0.2, 0) is 6.61 Å². The van der Waals surface area contributed by atoms with Crippen LogP contribution < -0.4 is 14.9 Å². The van der Waals surface area contributed by atoms with Crippen LogP contribution in [0, 0.1) is 3.57 Å². The van der Waals surface area contributed by atoms with Gasteiger partial charge in [0.2, 0.25) is 0 Å². The Morgan fingerprint density at radius 3 is 2.54 bits per heavy atom. The van der Waals surface area contributed by atoms with Gasteiger partial charge in [-0.2, -0.15) is 5.10 Å². The summed E-state index contributed by atoms with van der Waals surface area (Å²) in [6.07, 6.45) is 1.59. The van der Waals surface area contributed by atoms with Crippen molar-refractivity contribution in [1.29, 1.82) is 0 Å². The second-order valence-corrected chi connectivity index (χ2v) is 7.03. The number of nitrogens with one attached hydrogen (secondary N) is 1. The Morgan fingerprint density at radius 1 is 1.04 bits per heavy atom. The molecule has 0 unspecified atom stereocenters. The number of para-hydroxylation sites is 1. The molecule has 0 fully saturated rings. The van der Waals surface area contributed by atoms with Crippen LogP contribution >= 0.6 is 22.6 Å². The number of hydrogen-bond acceptors (Lipinski definition) is 4. The number of carbonyl (C=O) groups is 1. The van der Waals surface area contributed by atoms with Gasteiger partial charge in [-0.25, -0.2) is 5.43 Å². The highest BCUT2D eigenvalue weighted by atomic mass is 127. The molecule has 6 heteroatoms. The van der Waals surface area contributed by atoms with Gasteiger partial charge in [0, 0.05) is 0 Å². The van der Waals surface area contributed by atoms with Crippen LogP contribution in [0.5, 0.6) is 11.5 Å². The van der Waals surface area contributed by atoms with E-state index in [0.717, 1.165) is 20.4 Å². The summed E-state index contributed by atoms with van der Waals surface area (Å²) in [4.78, 5) is 12.5.